The number of halogens is 1. The van der Waals surface area contributed by atoms with E-state index in [0.29, 0.717) is 11.6 Å². The van der Waals surface area contributed by atoms with Gasteiger partial charge in [0.2, 0.25) is 0 Å². The van der Waals surface area contributed by atoms with E-state index in [2.05, 4.69) is 36.3 Å². The minimum atomic E-state index is 0.118. The van der Waals surface area contributed by atoms with E-state index in [9.17, 15) is 5.11 Å². The van der Waals surface area contributed by atoms with E-state index in [1.807, 2.05) is 18.2 Å². The molecule has 0 aromatic heterocycles. The molecule has 0 amide bonds. The predicted octanol–water partition coefficient (Wildman–Crippen LogP) is 4.50. The van der Waals surface area contributed by atoms with E-state index >= 15 is 0 Å². The van der Waals surface area contributed by atoms with Gasteiger partial charge in [-0.3, -0.25) is 0 Å². The Morgan fingerprint density at radius 1 is 1.14 bits per heavy atom. The SMILES string of the molecule is CCCN(C)c1ccccc1NCc1cccc(O)c1Cl. The topological polar surface area (TPSA) is 35.5 Å². The van der Waals surface area contributed by atoms with Gasteiger partial charge in [0, 0.05) is 20.1 Å². The van der Waals surface area contributed by atoms with Crippen molar-refractivity contribution in [1.82, 2.24) is 0 Å². The number of hydrogen-bond donors (Lipinski definition) is 2. The summed E-state index contributed by atoms with van der Waals surface area (Å²) in [6.07, 6.45) is 1.10. The second kappa shape index (κ2) is 7.23. The van der Waals surface area contributed by atoms with Crippen molar-refractivity contribution in [2.24, 2.45) is 0 Å². The van der Waals surface area contributed by atoms with Crippen LogP contribution in [0.1, 0.15) is 18.9 Å². The molecule has 0 fully saturated rings. The average Bonchev–Trinajstić information content (AvgIpc) is 2.49. The second-order valence-electron chi connectivity index (χ2n) is 5.04. The van der Waals surface area contributed by atoms with Gasteiger partial charge in [0.25, 0.3) is 0 Å². The molecule has 0 unspecified atom stereocenters. The van der Waals surface area contributed by atoms with Crippen LogP contribution in [0, 0.1) is 0 Å². The Balaban J connectivity index is 2.15. The third-order valence-corrected chi connectivity index (χ3v) is 3.84. The van der Waals surface area contributed by atoms with Crippen LogP contribution in [0.3, 0.4) is 0 Å². The Morgan fingerprint density at radius 3 is 2.67 bits per heavy atom. The van der Waals surface area contributed by atoms with E-state index < -0.39 is 0 Å². The summed E-state index contributed by atoms with van der Waals surface area (Å²) in [4.78, 5) is 2.23. The Kier molecular flexibility index (Phi) is 5.34. The van der Waals surface area contributed by atoms with Crippen LogP contribution in [-0.2, 0) is 6.54 Å². The first-order chi connectivity index (χ1) is 10.1. The van der Waals surface area contributed by atoms with Crippen LogP contribution < -0.4 is 10.2 Å². The van der Waals surface area contributed by atoms with Crippen molar-refractivity contribution >= 4 is 23.0 Å². The fourth-order valence-electron chi connectivity index (χ4n) is 2.31. The molecule has 0 saturated carbocycles. The van der Waals surface area contributed by atoms with Crippen LogP contribution in [0.2, 0.25) is 5.02 Å². The van der Waals surface area contributed by atoms with Gasteiger partial charge in [-0.25, -0.2) is 0 Å². The number of aromatic hydroxyl groups is 1. The van der Waals surface area contributed by atoms with Crippen molar-refractivity contribution in [1.29, 1.82) is 0 Å². The highest BCUT2D eigenvalue weighted by Crippen LogP contribution is 2.29. The normalized spacial score (nSPS) is 10.4. The summed E-state index contributed by atoms with van der Waals surface area (Å²) in [6.45, 7) is 3.74. The standard InChI is InChI=1S/C17H21ClN2O/c1-3-11-20(2)15-9-5-4-8-14(15)19-12-13-7-6-10-16(21)17(13)18/h4-10,19,21H,3,11-12H2,1-2H3. The molecule has 0 aliphatic heterocycles. The van der Waals surface area contributed by atoms with Gasteiger partial charge >= 0.3 is 0 Å². The minimum absolute atomic E-state index is 0.118. The maximum atomic E-state index is 9.64. The number of nitrogens with one attached hydrogen (secondary N) is 1. The zero-order valence-electron chi connectivity index (χ0n) is 12.4. The van der Waals surface area contributed by atoms with Crippen LogP contribution in [-0.4, -0.2) is 18.7 Å². The zero-order valence-corrected chi connectivity index (χ0v) is 13.2. The first-order valence-electron chi connectivity index (χ1n) is 7.14. The van der Waals surface area contributed by atoms with Crippen LogP contribution in [0.25, 0.3) is 0 Å². The number of nitrogens with zero attached hydrogens (tertiary/aromatic N) is 1. The summed E-state index contributed by atoms with van der Waals surface area (Å²) in [5.74, 6) is 0.118. The molecule has 0 aliphatic rings. The molecule has 2 N–H and O–H groups in total. The lowest BCUT2D eigenvalue weighted by molar-refractivity contribution is 0.475. The molecule has 2 rings (SSSR count). The molecule has 21 heavy (non-hydrogen) atoms. The van der Waals surface area contributed by atoms with Gasteiger partial charge in [0.05, 0.1) is 16.4 Å². The molecule has 2 aromatic carbocycles. The molecule has 0 atom stereocenters. The Labute approximate surface area is 131 Å². The molecule has 2 aromatic rings. The van der Waals surface area contributed by atoms with Crippen LogP contribution in [0.4, 0.5) is 11.4 Å². The molecule has 0 saturated heterocycles. The molecule has 0 spiro atoms. The minimum Gasteiger partial charge on any atom is -0.506 e. The van der Waals surface area contributed by atoms with Gasteiger partial charge in [-0.1, -0.05) is 42.8 Å². The highest BCUT2D eigenvalue weighted by molar-refractivity contribution is 6.32. The lowest BCUT2D eigenvalue weighted by Gasteiger charge is -2.22. The highest BCUT2D eigenvalue weighted by atomic mass is 35.5. The van der Waals surface area contributed by atoms with Crippen molar-refractivity contribution < 1.29 is 5.11 Å². The smallest absolute Gasteiger partial charge is 0.134 e. The van der Waals surface area contributed by atoms with Crippen LogP contribution in [0.15, 0.2) is 42.5 Å². The zero-order chi connectivity index (χ0) is 15.2. The lowest BCUT2D eigenvalue weighted by atomic mass is 10.2. The molecule has 0 aliphatic carbocycles. The van der Waals surface area contributed by atoms with Crippen molar-refractivity contribution in [3.63, 3.8) is 0 Å². The molecule has 0 heterocycles. The van der Waals surface area contributed by atoms with Gasteiger partial charge < -0.3 is 15.3 Å². The third-order valence-electron chi connectivity index (χ3n) is 3.40. The van der Waals surface area contributed by atoms with E-state index in [-0.39, 0.29) is 5.75 Å². The van der Waals surface area contributed by atoms with Gasteiger partial charge in [-0.15, -0.1) is 0 Å². The quantitative estimate of drug-likeness (QED) is 0.824. The molecule has 112 valence electrons. The van der Waals surface area contributed by atoms with Crippen molar-refractivity contribution in [2.45, 2.75) is 19.9 Å². The Bertz CT molecular complexity index is 601. The number of phenols is 1. The van der Waals surface area contributed by atoms with E-state index in [4.69, 9.17) is 11.6 Å². The Hall–Kier alpha value is -1.87. The number of benzene rings is 2. The fourth-order valence-corrected chi connectivity index (χ4v) is 2.50. The van der Waals surface area contributed by atoms with Gasteiger partial charge in [0.15, 0.2) is 0 Å². The van der Waals surface area contributed by atoms with E-state index in [0.717, 1.165) is 29.9 Å². The number of rotatable bonds is 6. The summed E-state index contributed by atoms with van der Waals surface area (Å²) in [6, 6.07) is 13.5. The third kappa shape index (κ3) is 3.82. The Morgan fingerprint density at radius 2 is 1.90 bits per heavy atom. The number of phenolic OH excluding ortho intramolecular Hbond substituents is 1. The molecular formula is C17H21ClN2O. The summed E-state index contributed by atoms with van der Waals surface area (Å²) in [5, 5.41) is 13.4. The summed E-state index contributed by atoms with van der Waals surface area (Å²) >= 11 is 6.11. The largest absolute Gasteiger partial charge is 0.506 e. The predicted molar refractivity (Wildman–Crippen MR) is 90.4 cm³/mol. The maximum absolute atomic E-state index is 9.64. The maximum Gasteiger partial charge on any atom is 0.134 e. The monoisotopic (exact) mass is 304 g/mol. The second-order valence-corrected chi connectivity index (χ2v) is 5.42. The number of para-hydroxylation sites is 2. The summed E-state index contributed by atoms with van der Waals surface area (Å²) in [5.41, 5.74) is 3.10. The lowest BCUT2D eigenvalue weighted by Crippen LogP contribution is -2.19. The van der Waals surface area contributed by atoms with Gasteiger partial charge in [-0.2, -0.15) is 0 Å². The first kappa shape index (κ1) is 15.5. The number of hydrogen-bond acceptors (Lipinski definition) is 3. The van der Waals surface area contributed by atoms with Gasteiger partial charge in [-0.05, 0) is 30.2 Å². The van der Waals surface area contributed by atoms with Crippen LogP contribution in [0.5, 0.6) is 5.75 Å². The molecular weight excluding hydrogens is 284 g/mol. The van der Waals surface area contributed by atoms with E-state index in [1.54, 1.807) is 12.1 Å². The molecule has 0 bridgehead atoms. The fraction of sp³-hybridized carbons (Fsp3) is 0.294. The van der Waals surface area contributed by atoms with Gasteiger partial charge in [0.1, 0.15) is 5.75 Å². The summed E-state index contributed by atoms with van der Waals surface area (Å²) < 4.78 is 0. The highest BCUT2D eigenvalue weighted by Gasteiger charge is 2.08. The summed E-state index contributed by atoms with van der Waals surface area (Å²) in [7, 11) is 2.09. The van der Waals surface area contributed by atoms with E-state index in [1.165, 1.54) is 0 Å². The molecule has 4 heteroatoms. The van der Waals surface area contributed by atoms with Crippen LogP contribution >= 0.6 is 11.6 Å². The van der Waals surface area contributed by atoms with Crippen molar-refractivity contribution in [2.75, 3.05) is 23.8 Å². The van der Waals surface area contributed by atoms with Crippen molar-refractivity contribution in [3.05, 3.63) is 53.1 Å². The first-order valence-corrected chi connectivity index (χ1v) is 7.51. The molecule has 0 radical (unpaired) electrons. The van der Waals surface area contributed by atoms with Crippen molar-refractivity contribution in [3.8, 4) is 5.75 Å². The average molecular weight is 305 g/mol. The number of anilines is 2. The molecule has 3 nitrogen and oxygen atoms in total.